The Morgan fingerprint density at radius 1 is 1.33 bits per heavy atom. The van der Waals surface area contributed by atoms with Crippen LogP contribution in [0, 0.1) is 11.8 Å². The second-order valence-corrected chi connectivity index (χ2v) is 8.00. The number of rotatable bonds is 4. The lowest BCUT2D eigenvalue weighted by atomic mass is 9.98. The molecule has 1 heterocycles. The molecule has 8 heteroatoms. The van der Waals surface area contributed by atoms with Crippen LogP contribution in [-0.2, 0) is 10.0 Å². The Kier molecular flexibility index (Phi) is 7.18. The SMILES string of the molecule is CN=C(NCC1CCN(S(C)(=O)=O)CC1)NC1CC1C.I. The first-order chi connectivity index (χ1) is 9.40. The third-order valence-corrected chi connectivity index (χ3v) is 5.56. The van der Waals surface area contributed by atoms with Crippen molar-refractivity contribution in [3.8, 4) is 0 Å². The van der Waals surface area contributed by atoms with E-state index in [1.807, 2.05) is 0 Å². The predicted octanol–water partition coefficient (Wildman–Crippen LogP) is 0.849. The largest absolute Gasteiger partial charge is 0.356 e. The molecule has 21 heavy (non-hydrogen) atoms. The summed E-state index contributed by atoms with van der Waals surface area (Å²) >= 11 is 0. The van der Waals surface area contributed by atoms with E-state index in [0.717, 1.165) is 31.3 Å². The van der Waals surface area contributed by atoms with E-state index in [1.165, 1.54) is 12.7 Å². The molecule has 0 aromatic rings. The smallest absolute Gasteiger partial charge is 0.211 e. The van der Waals surface area contributed by atoms with Gasteiger partial charge in [-0.3, -0.25) is 4.99 Å². The molecule has 2 aliphatic rings. The van der Waals surface area contributed by atoms with Crippen LogP contribution in [0.15, 0.2) is 4.99 Å². The average Bonchev–Trinajstić information content (AvgIpc) is 3.09. The highest BCUT2D eigenvalue weighted by molar-refractivity contribution is 14.0. The highest BCUT2D eigenvalue weighted by Crippen LogP contribution is 2.28. The molecule has 6 nitrogen and oxygen atoms in total. The van der Waals surface area contributed by atoms with Crippen molar-refractivity contribution in [1.29, 1.82) is 0 Å². The quantitative estimate of drug-likeness (QED) is 0.394. The minimum absolute atomic E-state index is 0. The molecular weight excluding hydrogens is 403 g/mol. The normalized spacial score (nSPS) is 27.9. The Labute approximate surface area is 145 Å². The molecule has 0 spiro atoms. The van der Waals surface area contributed by atoms with E-state index < -0.39 is 10.0 Å². The lowest BCUT2D eigenvalue weighted by Crippen LogP contribution is -2.44. The molecule has 124 valence electrons. The van der Waals surface area contributed by atoms with E-state index in [-0.39, 0.29) is 24.0 Å². The fraction of sp³-hybridized carbons (Fsp3) is 0.923. The number of halogens is 1. The number of hydrogen-bond donors (Lipinski definition) is 2. The van der Waals surface area contributed by atoms with Crippen LogP contribution in [0.2, 0.25) is 0 Å². The van der Waals surface area contributed by atoms with E-state index in [2.05, 4.69) is 22.5 Å². The Morgan fingerprint density at radius 3 is 2.33 bits per heavy atom. The number of aliphatic imine (C=N–C) groups is 1. The van der Waals surface area contributed by atoms with Gasteiger partial charge < -0.3 is 10.6 Å². The minimum Gasteiger partial charge on any atom is -0.356 e. The summed E-state index contributed by atoms with van der Waals surface area (Å²) in [6.07, 6.45) is 4.33. The second kappa shape index (κ2) is 7.96. The van der Waals surface area contributed by atoms with E-state index >= 15 is 0 Å². The van der Waals surface area contributed by atoms with E-state index in [4.69, 9.17) is 0 Å². The Bertz CT molecular complexity index is 461. The minimum atomic E-state index is -3.02. The third kappa shape index (κ3) is 5.90. The van der Waals surface area contributed by atoms with E-state index in [0.29, 0.717) is 25.0 Å². The Hall–Kier alpha value is -0.0900. The van der Waals surface area contributed by atoms with Gasteiger partial charge in [-0.2, -0.15) is 0 Å². The number of hydrogen-bond acceptors (Lipinski definition) is 3. The van der Waals surface area contributed by atoms with Crippen LogP contribution in [0.4, 0.5) is 0 Å². The first kappa shape index (κ1) is 19.0. The maximum atomic E-state index is 11.4. The summed E-state index contributed by atoms with van der Waals surface area (Å²) < 4.78 is 24.5. The summed E-state index contributed by atoms with van der Waals surface area (Å²) in [4.78, 5) is 4.23. The molecule has 0 radical (unpaired) electrons. The molecule has 0 bridgehead atoms. The van der Waals surface area contributed by atoms with Crippen LogP contribution in [-0.4, -0.2) is 57.7 Å². The van der Waals surface area contributed by atoms with Crippen molar-refractivity contribution in [1.82, 2.24) is 14.9 Å². The first-order valence-corrected chi connectivity index (χ1v) is 9.17. The molecule has 2 N–H and O–H groups in total. The number of guanidine groups is 1. The van der Waals surface area contributed by atoms with Crippen molar-refractivity contribution in [2.75, 3.05) is 32.9 Å². The van der Waals surface area contributed by atoms with Crippen molar-refractivity contribution in [3.63, 3.8) is 0 Å². The monoisotopic (exact) mass is 430 g/mol. The number of sulfonamides is 1. The summed E-state index contributed by atoms with van der Waals surface area (Å²) in [5.74, 6) is 2.12. The zero-order valence-electron chi connectivity index (χ0n) is 13.0. The summed E-state index contributed by atoms with van der Waals surface area (Å²) in [5.41, 5.74) is 0. The fourth-order valence-electron chi connectivity index (χ4n) is 2.58. The summed E-state index contributed by atoms with van der Waals surface area (Å²) in [6, 6.07) is 0.563. The molecule has 0 aromatic carbocycles. The van der Waals surface area contributed by atoms with Crippen LogP contribution in [0.25, 0.3) is 0 Å². The molecule has 1 saturated carbocycles. The number of nitrogens with one attached hydrogen (secondary N) is 2. The van der Waals surface area contributed by atoms with Gasteiger partial charge in [0.25, 0.3) is 0 Å². The molecule has 0 aromatic heterocycles. The molecule has 2 atom stereocenters. The maximum absolute atomic E-state index is 11.4. The van der Waals surface area contributed by atoms with E-state index in [9.17, 15) is 8.42 Å². The van der Waals surface area contributed by atoms with Gasteiger partial charge in [0.2, 0.25) is 10.0 Å². The lowest BCUT2D eigenvalue weighted by Gasteiger charge is -2.30. The Morgan fingerprint density at radius 2 is 1.90 bits per heavy atom. The van der Waals surface area contributed by atoms with Crippen LogP contribution in [0.1, 0.15) is 26.2 Å². The van der Waals surface area contributed by atoms with Crippen LogP contribution < -0.4 is 10.6 Å². The van der Waals surface area contributed by atoms with Crippen LogP contribution in [0.5, 0.6) is 0 Å². The topological polar surface area (TPSA) is 73.8 Å². The molecule has 2 rings (SSSR count). The average molecular weight is 430 g/mol. The maximum Gasteiger partial charge on any atom is 0.211 e. The highest BCUT2D eigenvalue weighted by Gasteiger charge is 2.33. The van der Waals surface area contributed by atoms with Gasteiger partial charge in [0.15, 0.2) is 5.96 Å². The van der Waals surface area contributed by atoms with Gasteiger partial charge in [0.05, 0.1) is 6.26 Å². The third-order valence-electron chi connectivity index (χ3n) is 4.26. The second-order valence-electron chi connectivity index (χ2n) is 6.02. The van der Waals surface area contributed by atoms with Gasteiger partial charge in [-0.1, -0.05) is 6.92 Å². The number of nitrogens with zero attached hydrogens (tertiary/aromatic N) is 2. The molecule has 2 fully saturated rings. The van der Waals surface area contributed by atoms with Crippen molar-refractivity contribution in [2.45, 2.75) is 32.2 Å². The lowest BCUT2D eigenvalue weighted by molar-refractivity contribution is 0.275. The van der Waals surface area contributed by atoms with Crippen LogP contribution >= 0.6 is 24.0 Å². The summed E-state index contributed by atoms with van der Waals surface area (Å²) in [5, 5.41) is 6.75. The molecule has 2 unspecified atom stereocenters. The zero-order valence-corrected chi connectivity index (χ0v) is 16.1. The molecule has 1 saturated heterocycles. The fourth-order valence-corrected chi connectivity index (χ4v) is 3.45. The Balaban J connectivity index is 0.00000220. The van der Waals surface area contributed by atoms with Gasteiger partial charge in [-0.05, 0) is 31.1 Å². The van der Waals surface area contributed by atoms with Gasteiger partial charge in [-0.25, -0.2) is 12.7 Å². The standard InChI is InChI=1S/C13H26N4O2S.HI/c1-10-8-12(10)16-13(14-2)15-9-11-4-6-17(7-5-11)20(3,18)19;/h10-12H,4-9H2,1-3H3,(H2,14,15,16);1H. The molecule has 1 aliphatic heterocycles. The molecule has 1 aliphatic carbocycles. The van der Waals surface area contributed by atoms with Crippen molar-refractivity contribution in [3.05, 3.63) is 0 Å². The zero-order chi connectivity index (χ0) is 14.8. The van der Waals surface area contributed by atoms with Crippen molar-refractivity contribution < 1.29 is 8.42 Å². The molecular formula is C13H27IN4O2S. The van der Waals surface area contributed by atoms with Crippen LogP contribution in [0.3, 0.4) is 0 Å². The van der Waals surface area contributed by atoms with Gasteiger partial charge in [0.1, 0.15) is 0 Å². The number of piperidine rings is 1. The van der Waals surface area contributed by atoms with Crippen molar-refractivity contribution in [2.24, 2.45) is 16.8 Å². The predicted molar refractivity (Wildman–Crippen MR) is 96.6 cm³/mol. The first-order valence-electron chi connectivity index (χ1n) is 7.32. The van der Waals surface area contributed by atoms with Gasteiger partial charge in [0, 0.05) is 32.7 Å². The summed E-state index contributed by atoms with van der Waals surface area (Å²) in [7, 11) is -1.24. The summed E-state index contributed by atoms with van der Waals surface area (Å²) in [6.45, 7) is 4.36. The van der Waals surface area contributed by atoms with Crippen molar-refractivity contribution >= 4 is 40.0 Å². The highest BCUT2D eigenvalue weighted by atomic mass is 127. The van der Waals surface area contributed by atoms with E-state index in [1.54, 1.807) is 11.4 Å². The van der Waals surface area contributed by atoms with Gasteiger partial charge in [-0.15, -0.1) is 24.0 Å². The van der Waals surface area contributed by atoms with Gasteiger partial charge >= 0.3 is 0 Å². The molecule has 0 amide bonds.